The molecule has 0 aromatic heterocycles. The minimum absolute atomic E-state index is 0.00130. The van der Waals surface area contributed by atoms with Crippen molar-refractivity contribution in [1.29, 1.82) is 0 Å². The van der Waals surface area contributed by atoms with Gasteiger partial charge in [0, 0.05) is 0 Å². The molecule has 1 heteroatoms. The highest BCUT2D eigenvalue weighted by Crippen LogP contribution is 2.32. The molecule has 0 N–H and O–H groups in total. The van der Waals surface area contributed by atoms with E-state index in [-0.39, 0.29) is 6.10 Å². The molecule has 3 rings (SSSR count). The van der Waals surface area contributed by atoms with Crippen LogP contribution >= 0.6 is 0 Å². The average Bonchev–Trinajstić information content (AvgIpc) is 2.48. The fourth-order valence-electron chi connectivity index (χ4n) is 2.32. The van der Waals surface area contributed by atoms with Gasteiger partial charge in [-0.1, -0.05) is 60.7 Å². The molecule has 0 fully saturated rings. The van der Waals surface area contributed by atoms with E-state index < -0.39 is 0 Å². The Morgan fingerprint density at radius 2 is 1.47 bits per heavy atom. The topological polar surface area (TPSA) is 9.23 Å². The number of hydrogen-bond acceptors (Lipinski definition) is 1. The lowest BCUT2D eigenvalue weighted by Gasteiger charge is -2.22. The van der Waals surface area contributed by atoms with Gasteiger partial charge in [-0.3, -0.25) is 0 Å². The van der Waals surface area contributed by atoms with Crippen LogP contribution in [0.4, 0.5) is 0 Å². The van der Waals surface area contributed by atoms with Crippen LogP contribution in [-0.4, -0.2) is 0 Å². The third-order valence-electron chi connectivity index (χ3n) is 3.24. The summed E-state index contributed by atoms with van der Waals surface area (Å²) in [5, 5.41) is 0. The van der Waals surface area contributed by atoms with Crippen LogP contribution in [0.1, 0.15) is 24.2 Å². The van der Waals surface area contributed by atoms with E-state index in [0.717, 1.165) is 5.76 Å². The van der Waals surface area contributed by atoms with Crippen LogP contribution in [0.3, 0.4) is 0 Å². The quantitative estimate of drug-likeness (QED) is 0.745. The van der Waals surface area contributed by atoms with Gasteiger partial charge in [0.2, 0.25) is 0 Å². The van der Waals surface area contributed by atoms with Gasteiger partial charge in [-0.25, -0.2) is 0 Å². The van der Waals surface area contributed by atoms with E-state index in [0.29, 0.717) is 0 Å². The van der Waals surface area contributed by atoms with Gasteiger partial charge in [-0.05, 0) is 35.8 Å². The first-order chi connectivity index (χ1) is 9.33. The normalized spacial score (nSPS) is 18.3. The minimum atomic E-state index is 0.00130. The van der Waals surface area contributed by atoms with Crippen molar-refractivity contribution >= 4 is 5.57 Å². The Morgan fingerprint density at radius 3 is 2.16 bits per heavy atom. The summed E-state index contributed by atoms with van der Waals surface area (Å²) < 4.78 is 5.91. The molecule has 19 heavy (non-hydrogen) atoms. The maximum atomic E-state index is 5.91. The van der Waals surface area contributed by atoms with Crippen LogP contribution in [0.2, 0.25) is 0 Å². The molecule has 2 aromatic carbocycles. The van der Waals surface area contributed by atoms with Crippen molar-refractivity contribution in [3.8, 4) is 0 Å². The Hall–Kier alpha value is -2.28. The van der Waals surface area contributed by atoms with Crippen LogP contribution in [-0.2, 0) is 4.74 Å². The second-order valence-corrected chi connectivity index (χ2v) is 4.69. The monoisotopic (exact) mass is 248 g/mol. The lowest BCUT2D eigenvalue weighted by molar-refractivity contribution is 0.155. The fraction of sp³-hybridized carbons (Fsp3) is 0.111. The van der Waals surface area contributed by atoms with Gasteiger partial charge in [0.25, 0.3) is 0 Å². The zero-order valence-corrected chi connectivity index (χ0v) is 10.9. The van der Waals surface area contributed by atoms with Gasteiger partial charge in [0.05, 0.1) is 5.76 Å². The summed E-state index contributed by atoms with van der Waals surface area (Å²) in [6.07, 6.45) is 4.27. The van der Waals surface area contributed by atoms with Crippen molar-refractivity contribution in [2.45, 2.75) is 13.0 Å². The molecule has 0 saturated heterocycles. The van der Waals surface area contributed by atoms with Crippen LogP contribution in [0.15, 0.2) is 78.6 Å². The zero-order valence-electron chi connectivity index (χ0n) is 10.9. The lowest BCUT2D eigenvalue weighted by Crippen LogP contribution is -2.05. The molecule has 1 heterocycles. The maximum Gasteiger partial charge on any atom is 0.142 e. The smallest absolute Gasteiger partial charge is 0.142 e. The molecule has 0 spiro atoms. The van der Waals surface area contributed by atoms with Gasteiger partial charge in [0.15, 0.2) is 0 Å². The first-order valence-corrected chi connectivity index (χ1v) is 6.50. The van der Waals surface area contributed by atoms with Gasteiger partial charge in [0.1, 0.15) is 6.10 Å². The van der Waals surface area contributed by atoms with E-state index in [1.165, 1.54) is 16.7 Å². The first kappa shape index (κ1) is 11.8. The Kier molecular flexibility index (Phi) is 3.20. The third kappa shape index (κ3) is 2.60. The summed E-state index contributed by atoms with van der Waals surface area (Å²) in [7, 11) is 0. The summed E-state index contributed by atoms with van der Waals surface area (Å²) in [4.78, 5) is 0. The molecule has 0 saturated carbocycles. The molecule has 0 bridgehead atoms. The lowest BCUT2D eigenvalue weighted by atomic mass is 9.98. The van der Waals surface area contributed by atoms with E-state index in [1.807, 2.05) is 31.2 Å². The van der Waals surface area contributed by atoms with Crippen molar-refractivity contribution < 1.29 is 4.74 Å². The highest BCUT2D eigenvalue weighted by molar-refractivity contribution is 5.75. The summed E-state index contributed by atoms with van der Waals surface area (Å²) >= 11 is 0. The second kappa shape index (κ2) is 5.15. The number of allylic oxidation sites excluding steroid dienone is 3. The Bertz CT molecular complexity index is 609. The molecule has 1 aliphatic rings. The van der Waals surface area contributed by atoms with Crippen molar-refractivity contribution in [2.24, 2.45) is 0 Å². The van der Waals surface area contributed by atoms with Crippen molar-refractivity contribution in [2.75, 3.05) is 0 Å². The van der Waals surface area contributed by atoms with Gasteiger partial charge < -0.3 is 4.74 Å². The summed E-state index contributed by atoms with van der Waals surface area (Å²) in [5.74, 6) is 0.954. The highest BCUT2D eigenvalue weighted by atomic mass is 16.5. The largest absolute Gasteiger partial charge is 0.486 e. The van der Waals surface area contributed by atoms with E-state index in [9.17, 15) is 0 Å². The van der Waals surface area contributed by atoms with Gasteiger partial charge >= 0.3 is 0 Å². The molecule has 0 radical (unpaired) electrons. The minimum Gasteiger partial charge on any atom is -0.486 e. The number of ether oxygens (including phenoxy) is 1. The maximum absolute atomic E-state index is 5.91. The summed E-state index contributed by atoms with van der Waals surface area (Å²) in [5.41, 5.74) is 3.63. The van der Waals surface area contributed by atoms with Gasteiger partial charge in [-0.15, -0.1) is 0 Å². The van der Waals surface area contributed by atoms with Gasteiger partial charge in [-0.2, -0.15) is 0 Å². The van der Waals surface area contributed by atoms with E-state index in [2.05, 4.69) is 48.6 Å². The summed E-state index contributed by atoms with van der Waals surface area (Å²) in [6, 6.07) is 20.7. The first-order valence-electron chi connectivity index (χ1n) is 6.50. The molecule has 0 aliphatic carbocycles. The second-order valence-electron chi connectivity index (χ2n) is 4.69. The SMILES string of the molecule is CC1=CC(c2ccccc2)=CC(c2ccccc2)O1. The molecular formula is C18H16O. The number of benzene rings is 2. The molecule has 1 aliphatic heterocycles. The van der Waals surface area contributed by atoms with Crippen molar-refractivity contribution in [3.05, 3.63) is 89.7 Å². The molecule has 0 amide bonds. The van der Waals surface area contributed by atoms with Crippen LogP contribution in [0, 0.1) is 0 Å². The fourth-order valence-corrected chi connectivity index (χ4v) is 2.32. The van der Waals surface area contributed by atoms with Crippen molar-refractivity contribution in [1.82, 2.24) is 0 Å². The zero-order chi connectivity index (χ0) is 13.1. The van der Waals surface area contributed by atoms with E-state index in [1.54, 1.807) is 0 Å². The molecule has 1 nitrogen and oxygen atoms in total. The molecule has 1 atom stereocenters. The Labute approximate surface area is 113 Å². The predicted octanol–water partition coefficient (Wildman–Crippen LogP) is 4.75. The van der Waals surface area contributed by atoms with Crippen LogP contribution in [0.25, 0.3) is 5.57 Å². The molecule has 94 valence electrons. The van der Waals surface area contributed by atoms with Crippen LogP contribution < -0.4 is 0 Å². The van der Waals surface area contributed by atoms with Crippen molar-refractivity contribution in [3.63, 3.8) is 0 Å². The van der Waals surface area contributed by atoms with E-state index in [4.69, 9.17) is 4.74 Å². The Morgan fingerprint density at radius 1 is 0.842 bits per heavy atom. The van der Waals surface area contributed by atoms with E-state index >= 15 is 0 Å². The predicted molar refractivity (Wildman–Crippen MR) is 78.4 cm³/mol. The highest BCUT2D eigenvalue weighted by Gasteiger charge is 2.16. The Balaban J connectivity index is 1.98. The number of rotatable bonds is 2. The molecule has 1 unspecified atom stereocenters. The number of hydrogen-bond donors (Lipinski definition) is 0. The standard InChI is InChI=1S/C18H16O/c1-14-12-17(15-8-4-2-5-9-15)13-18(19-14)16-10-6-3-7-11-16/h2-13,18H,1H3. The molecular weight excluding hydrogens is 232 g/mol. The third-order valence-corrected chi connectivity index (χ3v) is 3.24. The average molecular weight is 248 g/mol. The molecule has 2 aromatic rings. The van der Waals surface area contributed by atoms with Crippen LogP contribution in [0.5, 0.6) is 0 Å². The summed E-state index contributed by atoms with van der Waals surface area (Å²) in [6.45, 7) is 2.01.